The Morgan fingerprint density at radius 3 is 2.67 bits per heavy atom. The Hall–Kier alpha value is -2.08. The van der Waals surface area contributed by atoms with Crippen molar-refractivity contribution in [2.75, 3.05) is 26.4 Å². The molecule has 1 N–H and O–H groups in total. The summed E-state index contributed by atoms with van der Waals surface area (Å²) in [7, 11) is 0. The number of benzene rings is 1. The van der Waals surface area contributed by atoms with E-state index in [1.807, 2.05) is 13.8 Å². The molecule has 1 aromatic rings. The van der Waals surface area contributed by atoms with Crippen molar-refractivity contribution in [3.05, 3.63) is 29.8 Å². The number of carbonyl (C=O) groups excluding carboxylic acids is 2. The van der Waals surface area contributed by atoms with Gasteiger partial charge in [0.15, 0.2) is 6.61 Å². The van der Waals surface area contributed by atoms with Gasteiger partial charge in [0.1, 0.15) is 12.4 Å². The van der Waals surface area contributed by atoms with E-state index in [2.05, 4.69) is 5.32 Å². The maximum atomic E-state index is 11.9. The molecule has 1 atom stereocenters. The van der Waals surface area contributed by atoms with Crippen molar-refractivity contribution in [1.82, 2.24) is 5.32 Å². The Morgan fingerprint density at radius 1 is 1.29 bits per heavy atom. The molecule has 1 amide bonds. The summed E-state index contributed by atoms with van der Waals surface area (Å²) in [5.74, 6) is 0.206. The minimum Gasteiger partial charge on any atom is -0.491 e. The van der Waals surface area contributed by atoms with Gasteiger partial charge in [-0.3, -0.25) is 4.79 Å². The molecule has 0 bridgehead atoms. The minimum absolute atomic E-state index is 0.152. The number of rotatable bonds is 8. The molecule has 0 unspecified atom stereocenters. The van der Waals surface area contributed by atoms with E-state index in [1.165, 1.54) is 0 Å². The first-order chi connectivity index (χ1) is 11.5. The average molecular weight is 335 g/mol. The molecule has 1 aliphatic heterocycles. The molecular weight excluding hydrogens is 310 g/mol. The van der Waals surface area contributed by atoms with E-state index in [-0.39, 0.29) is 18.6 Å². The van der Waals surface area contributed by atoms with Crippen LogP contribution in [0.1, 0.15) is 37.0 Å². The van der Waals surface area contributed by atoms with Crippen LogP contribution in [0, 0.1) is 5.92 Å². The normalized spacial score (nSPS) is 16.9. The number of hydrogen-bond donors (Lipinski definition) is 1. The summed E-state index contributed by atoms with van der Waals surface area (Å²) in [5.41, 5.74) is 0.385. The van der Waals surface area contributed by atoms with Crippen molar-refractivity contribution in [3.63, 3.8) is 0 Å². The van der Waals surface area contributed by atoms with E-state index in [9.17, 15) is 9.59 Å². The number of carbonyl (C=O) groups is 2. The van der Waals surface area contributed by atoms with Crippen LogP contribution in [0.25, 0.3) is 0 Å². The third-order valence-electron chi connectivity index (χ3n) is 3.59. The van der Waals surface area contributed by atoms with Gasteiger partial charge in [0.2, 0.25) is 0 Å². The SMILES string of the molecule is CC(C)CNC(=O)COC(=O)c1ccc(OC[C@@H]2CCCO2)cc1. The van der Waals surface area contributed by atoms with E-state index < -0.39 is 5.97 Å². The summed E-state index contributed by atoms with van der Waals surface area (Å²) in [6.45, 7) is 5.59. The molecular formula is C18H25NO5. The predicted octanol–water partition coefficient (Wildman–Crippen LogP) is 2.17. The maximum Gasteiger partial charge on any atom is 0.338 e. The predicted molar refractivity (Wildman–Crippen MR) is 89.0 cm³/mol. The van der Waals surface area contributed by atoms with Gasteiger partial charge >= 0.3 is 5.97 Å². The highest BCUT2D eigenvalue weighted by Crippen LogP contribution is 2.17. The summed E-state index contributed by atoms with van der Waals surface area (Å²) in [6, 6.07) is 6.67. The van der Waals surface area contributed by atoms with Crippen LogP contribution in [0.5, 0.6) is 5.75 Å². The van der Waals surface area contributed by atoms with Gasteiger partial charge in [-0.05, 0) is 43.0 Å². The van der Waals surface area contributed by atoms with Crippen molar-refractivity contribution >= 4 is 11.9 Å². The smallest absolute Gasteiger partial charge is 0.338 e. The molecule has 6 nitrogen and oxygen atoms in total. The largest absolute Gasteiger partial charge is 0.491 e. The van der Waals surface area contributed by atoms with Gasteiger partial charge in [-0.25, -0.2) is 4.79 Å². The zero-order chi connectivity index (χ0) is 17.4. The first kappa shape index (κ1) is 18.3. The summed E-state index contributed by atoms with van der Waals surface area (Å²) >= 11 is 0. The molecule has 6 heteroatoms. The first-order valence-electron chi connectivity index (χ1n) is 8.33. The first-order valence-corrected chi connectivity index (χ1v) is 8.33. The van der Waals surface area contributed by atoms with Gasteiger partial charge in [-0.15, -0.1) is 0 Å². The van der Waals surface area contributed by atoms with Gasteiger partial charge in [-0.1, -0.05) is 13.8 Å². The Kier molecular flexibility index (Phi) is 7.06. The molecule has 1 aromatic carbocycles. The van der Waals surface area contributed by atoms with E-state index >= 15 is 0 Å². The Bertz CT molecular complexity index is 535. The zero-order valence-electron chi connectivity index (χ0n) is 14.2. The number of esters is 1. The summed E-state index contributed by atoms with van der Waals surface area (Å²) < 4.78 is 16.1. The Morgan fingerprint density at radius 2 is 2.04 bits per heavy atom. The fourth-order valence-electron chi connectivity index (χ4n) is 2.24. The molecule has 1 heterocycles. The Balaban J connectivity index is 1.73. The lowest BCUT2D eigenvalue weighted by Gasteiger charge is -2.11. The van der Waals surface area contributed by atoms with Crippen molar-refractivity contribution in [2.24, 2.45) is 5.92 Å². The molecule has 1 fully saturated rings. The fourth-order valence-corrected chi connectivity index (χ4v) is 2.24. The standard InChI is InChI=1S/C18H25NO5/c1-13(2)10-19-17(20)12-24-18(21)14-5-7-15(8-6-14)23-11-16-4-3-9-22-16/h5-8,13,16H,3-4,9-12H2,1-2H3,(H,19,20)/t16-/m0/s1. The fraction of sp³-hybridized carbons (Fsp3) is 0.556. The lowest BCUT2D eigenvalue weighted by Crippen LogP contribution is -2.31. The lowest BCUT2D eigenvalue weighted by atomic mass is 10.2. The second-order valence-electron chi connectivity index (χ2n) is 6.24. The second kappa shape index (κ2) is 9.27. The van der Waals surface area contributed by atoms with E-state index in [0.717, 1.165) is 19.4 Å². The van der Waals surface area contributed by atoms with Crippen molar-refractivity contribution < 1.29 is 23.8 Å². The van der Waals surface area contributed by atoms with Crippen LogP contribution in [0.2, 0.25) is 0 Å². The Labute approximate surface area is 142 Å². The van der Waals surface area contributed by atoms with Gasteiger partial charge in [0.25, 0.3) is 5.91 Å². The van der Waals surface area contributed by atoms with Gasteiger partial charge in [0.05, 0.1) is 11.7 Å². The van der Waals surface area contributed by atoms with Crippen LogP contribution in [0.15, 0.2) is 24.3 Å². The summed E-state index contributed by atoms with van der Waals surface area (Å²) in [4.78, 5) is 23.4. The summed E-state index contributed by atoms with van der Waals surface area (Å²) in [5, 5.41) is 2.69. The number of nitrogens with one attached hydrogen (secondary N) is 1. The maximum absolute atomic E-state index is 11.9. The topological polar surface area (TPSA) is 73.9 Å². The van der Waals surface area contributed by atoms with Crippen LogP contribution < -0.4 is 10.1 Å². The van der Waals surface area contributed by atoms with E-state index in [1.54, 1.807) is 24.3 Å². The molecule has 24 heavy (non-hydrogen) atoms. The third-order valence-corrected chi connectivity index (χ3v) is 3.59. The van der Waals surface area contributed by atoms with Crippen molar-refractivity contribution in [3.8, 4) is 5.75 Å². The van der Waals surface area contributed by atoms with Crippen molar-refractivity contribution in [1.29, 1.82) is 0 Å². The molecule has 0 aromatic heterocycles. The van der Waals surface area contributed by atoms with Crippen LogP contribution in [-0.2, 0) is 14.3 Å². The van der Waals surface area contributed by atoms with Crippen LogP contribution in [-0.4, -0.2) is 44.3 Å². The average Bonchev–Trinajstić information content (AvgIpc) is 3.10. The van der Waals surface area contributed by atoms with Crippen molar-refractivity contribution in [2.45, 2.75) is 32.8 Å². The number of ether oxygens (including phenoxy) is 3. The molecule has 0 radical (unpaired) electrons. The molecule has 0 aliphatic carbocycles. The highest BCUT2D eigenvalue weighted by Gasteiger charge is 2.16. The molecule has 0 spiro atoms. The third kappa shape index (κ3) is 6.20. The second-order valence-corrected chi connectivity index (χ2v) is 6.24. The van der Waals surface area contributed by atoms with Crippen LogP contribution in [0.4, 0.5) is 0 Å². The van der Waals surface area contributed by atoms with Crippen LogP contribution >= 0.6 is 0 Å². The molecule has 1 aliphatic rings. The number of hydrogen-bond acceptors (Lipinski definition) is 5. The van der Waals surface area contributed by atoms with E-state index in [4.69, 9.17) is 14.2 Å². The molecule has 2 rings (SSSR count). The minimum atomic E-state index is -0.527. The summed E-state index contributed by atoms with van der Waals surface area (Å²) in [6.07, 6.45) is 2.24. The quantitative estimate of drug-likeness (QED) is 0.737. The zero-order valence-corrected chi connectivity index (χ0v) is 14.2. The highest BCUT2D eigenvalue weighted by atomic mass is 16.5. The van der Waals surface area contributed by atoms with Gasteiger partial charge in [0, 0.05) is 13.2 Å². The number of amides is 1. The molecule has 1 saturated heterocycles. The molecule has 132 valence electrons. The van der Waals surface area contributed by atoms with E-state index in [0.29, 0.717) is 30.4 Å². The highest BCUT2D eigenvalue weighted by molar-refractivity contribution is 5.91. The molecule has 0 saturated carbocycles. The lowest BCUT2D eigenvalue weighted by molar-refractivity contribution is -0.124. The van der Waals surface area contributed by atoms with Crippen LogP contribution in [0.3, 0.4) is 0 Å². The van der Waals surface area contributed by atoms with Gasteiger partial charge < -0.3 is 19.5 Å². The monoisotopic (exact) mass is 335 g/mol. The van der Waals surface area contributed by atoms with Gasteiger partial charge in [-0.2, -0.15) is 0 Å².